The largest absolute Gasteiger partial charge is 0.309 e. The Morgan fingerprint density at radius 3 is 2.62 bits per heavy atom. The molecule has 116 valence electrons. The molecule has 2 atom stereocenters. The summed E-state index contributed by atoms with van der Waals surface area (Å²) in [5.74, 6) is 0.979. The highest BCUT2D eigenvalue weighted by atomic mass is 15.2. The quantitative estimate of drug-likeness (QED) is 0.886. The van der Waals surface area contributed by atoms with Crippen molar-refractivity contribution in [2.45, 2.75) is 58.0 Å². The van der Waals surface area contributed by atoms with Crippen LogP contribution in [0.15, 0.2) is 24.3 Å². The first-order valence-electron chi connectivity index (χ1n) is 8.88. The maximum Gasteiger partial charge on any atom is 0.0484 e. The van der Waals surface area contributed by atoms with Gasteiger partial charge in [0, 0.05) is 12.1 Å². The van der Waals surface area contributed by atoms with Gasteiger partial charge in [-0.1, -0.05) is 51.0 Å². The Bertz CT molecular complexity index is 449. The van der Waals surface area contributed by atoms with Gasteiger partial charge in [0.2, 0.25) is 0 Å². The van der Waals surface area contributed by atoms with E-state index in [1.54, 1.807) is 11.1 Å². The number of benzene rings is 1. The van der Waals surface area contributed by atoms with Crippen LogP contribution in [-0.2, 0) is 6.42 Å². The monoisotopic (exact) mass is 286 g/mol. The van der Waals surface area contributed by atoms with Crippen molar-refractivity contribution in [3.05, 3.63) is 35.4 Å². The van der Waals surface area contributed by atoms with Gasteiger partial charge in [-0.2, -0.15) is 0 Å². The van der Waals surface area contributed by atoms with Gasteiger partial charge in [-0.15, -0.1) is 0 Å². The predicted molar refractivity (Wildman–Crippen MR) is 89.6 cm³/mol. The molecule has 3 rings (SSSR count). The topological polar surface area (TPSA) is 15.3 Å². The first-order valence-corrected chi connectivity index (χ1v) is 8.88. The fourth-order valence-electron chi connectivity index (χ4n) is 4.36. The molecule has 1 heterocycles. The lowest BCUT2D eigenvalue weighted by atomic mass is 9.91. The second-order valence-electron chi connectivity index (χ2n) is 6.77. The van der Waals surface area contributed by atoms with Crippen LogP contribution in [0.1, 0.15) is 56.7 Å². The normalized spacial score (nSPS) is 27.0. The van der Waals surface area contributed by atoms with Crippen LogP contribution < -0.4 is 5.32 Å². The molecular weight excluding hydrogens is 256 g/mol. The lowest BCUT2D eigenvalue weighted by Gasteiger charge is -2.39. The van der Waals surface area contributed by atoms with Crippen molar-refractivity contribution >= 4 is 0 Å². The number of likely N-dealkylation sites (tertiary alicyclic amines) is 1. The number of nitrogens with zero attached hydrogens (tertiary/aromatic N) is 1. The lowest BCUT2D eigenvalue weighted by Crippen LogP contribution is -2.46. The van der Waals surface area contributed by atoms with Crippen molar-refractivity contribution in [1.82, 2.24) is 10.2 Å². The summed E-state index contributed by atoms with van der Waals surface area (Å²) in [7, 11) is 0. The van der Waals surface area contributed by atoms with Crippen LogP contribution in [0.2, 0.25) is 0 Å². The van der Waals surface area contributed by atoms with Gasteiger partial charge in [-0.3, -0.25) is 4.90 Å². The zero-order valence-electron chi connectivity index (χ0n) is 13.6. The molecule has 0 saturated carbocycles. The number of piperidine rings is 1. The molecule has 1 aliphatic heterocycles. The van der Waals surface area contributed by atoms with E-state index in [1.165, 1.54) is 45.2 Å². The van der Waals surface area contributed by atoms with Crippen molar-refractivity contribution in [2.75, 3.05) is 19.6 Å². The average Bonchev–Trinajstić information content (AvgIpc) is 2.88. The van der Waals surface area contributed by atoms with Gasteiger partial charge in [-0.05, 0) is 55.9 Å². The molecule has 2 unspecified atom stereocenters. The number of fused-ring (bicyclic) bond motifs is 1. The van der Waals surface area contributed by atoms with Crippen molar-refractivity contribution in [1.29, 1.82) is 0 Å². The number of hydrogen-bond donors (Lipinski definition) is 1. The standard InChI is InChI=1S/C19H30N2/c1-3-7-15-10-12-21(13-11-15)18-14-16-8-5-6-9-17(16)19(18)20-4-2/h5-6,8-9,15,18-20H,3-4,7,10-14H2,1-2H3. The minimum absolute atomic E-state index is 0.536. The smallest absolute Gasteiger partial charge is 0.0484 e. The van der Waals surface area contributed by atoms with Gasteiger partial charge < -0.3 is 5.32 Å². The van der Waals surface area contributed by atoms with Gasteiger partial charge in [0.15, 0.2) is 0 Å². The fraction of sp³-hybridized carbons (Fsp3) is 0.684. The zero-order chi connectivity index (χ0) is 14.7. The summed E-state index contributed by atoms with van der Waals surface area (Å²) in [6, 6.07) is 10.2. The third-order valence-corrected chi connectivity index (χ3v) is 5.44. The zero-order valence-corrected chi connectivity index (χ0v) is 13.6. The fourth-order valence-corrected chi connectivity index (χ4v) is 4.36. The van der Waals surface area contributed by atoms with Gasteiger partial charge in [0.1, 0.15) is 0 Å². The van der Waals surface area contributed by atoms with Gasteiger partial charge in [0.05, 0.1) is 0 Å². The SMILES string of the molecule is CCCC1CCN(C2Cc3ccccc3C2NCC)CC1. The highest BCUT2D eigenvalue weighted by molar-refractivity contribution is 5.37. The number of rotatable bonds is 5. The summed E-state index contributed by atoms with van der Waals surface area (Å²) < 4.78 is 0. The Morgan fingerprint density at radius 2 is 1.90 bits per heavy atom. The first kappa shape index (κ1) is 15.1. The number of hydrogen-bond acceptors (Lipinski definition) is 2. The van der Waals surface area contributed by atoms with Crippen LogP contribution in [0, 0.1) is 5.92 Å². The third-order valence-electron chi connectivity index (χ3n) is 5.44. The Kier molecular flexibility index (Phi) is 4.97. The highest BCUT2D eigenvalue weighted by Gasteiger charge is 2.36. The van der Waals surface area contributed by atoms with Crippen molar-refractivity contribution in [2.24, 2.45) is 5.92 Å². The second-order valence-corrected chi connectivity index (χ2v) is 6.77. The number of likely N-dealkylation sites (N-methyl/N-ethyl adjacent to an activating group) is 1. The maximum absolute atomic E-state index is 3.74. The number of nitrogens with one attached hydrogen (secondary N) is 1. The summed E-state index contributed by atoms with van der Waals surface area (Å²) in [5, 5.41) is 3.74. The molecular formula is C19H30N2. The van der Waals surface area contributed by atoms with Gasteiger partial charge >= 0.3 is 0 Å². The molecule has 2 aliphatic rings. The van der Waals surface area contributed by atoms with Crippen LogP contribution >= 0.6 is 0 Å². The maximum atomic E-state index is 3.74. The molecule has 21 heavy (non-hydrogen) atoms. The van der Waals surface area contributed by atoms with E-state index in [1.807, 2.05) is 0 Å². The molecule has 1 N–H and O–H groups in total. The molecule has 2 heteroatoms. The summed E-state index contributed by atoms with van der Waals surface area (Å²) in [6.45, 7) is 8.20. The Hall–Kier alpha value is -0.860. The molecule has 1 aromatic carbocycles. The molecule has 0 bridgehead atoms. The Labute approximate surface area is 129 Å². The summed E-state index contributed by atoms with van der Waals surface area (Å²) in [5.41, 5.74) is 3.10. The molecule has 1 aromatic rings. The molecule has 1 saturated heterocycles. The molecule has 0 spiro atoms. The summed E-state index contributed by atoms with van der Waals surface area (Å²) >= 11 is 0. The van der Waals surface area contributed by atoms with Crippen LogP contribution in [0.5, 0.6) is 0 Å². The molecule has 1 fully saturated rings. The van der Waals surface area contributed by atoms with Crippen molar-refractivity contribution in [3.8, 4) is 0 Å². The van der Waals surface area contributed by atoms with E-state index in [-0.39, 0.29) is 0 Å². The Balaban J connectivity index is 1.68. The second kappa shape index (κ2) is 6.93. The molecule has 0 amide bonds. The van der Waals surface area contributed by atoms with E-state index < -0.39 is 0 Å². The molecule has 2 nitrogen and oxygen atoms in total. The van der Waals surface area contributed by atoms with Crippen LogP contribution in [0.4, 0.5) is 0 Å². The van der Waals surface area contributed by atoms with E-state index >= 15 is 0 Å². The van der Waals surface area contributed by atoms with E-state index in [9.17, 15) is 0 Å². The summed E-state index contributed by atoms with van der Waals surface area (Å²) in [4.78, 5) is 2.76. The minimum Gasteiger partial charge on any atom is -0.309 e. The van der Waals surface area contributed by atoms with Gasteiger partial charge in [-0.25, -0.2) is 0 Å². The van der Waals surface area contributed by atoms with E-state index in [0.717, 1.165) is 12.5 Å². The van der Waals surface area contributed by atoms with Crippen LogP contribution in [-0.4, -0.2) is 30.6 Å². The van der Waals surface area contributed by atoms with Crippen LogP contribution in [0.3, 0.4) is 0 Å². The van der Waals surface area contributed by atoms with Crippen LogP contribution in [0.25, 0.3) is 0 Å². The lowest BCUT2D eigenvalue weighted by molar-refractivity contribution is 0.111. The van der Waals surface area contributed by atoms with E-state index in [0.29, 0.717) is 12.1 Å². The first-order chi connectivity index (χ1) is 10.3. The molecule has 0 aromatic heterocycles. The average molecular weight is 286 g/mol. The molecule has 0 radical (unpaired) electrons. The van der Waals surface area contributed by atoms with Crippen molar-refractivity contribution < 1.29 is 0 Å². The van der Waals surface area contributed by atoms with Gasteiger partial charge in [0.25, 0.3) is 0 Å². The molecule has 1 aliphatic carbocycles. The van der Waals surface area contributed by atoms with Crippen molar-refractivity contribution in [3.63, 3.8) is 0 Å². The minimum atomic E-state index is 0.536. The highest BCUT2D eigenvalue weighted by Crippen LogP contribution is 2.36. The predicted octanol–water partition coefficient (Wildman–Crippen LogP) is 3.77. The third kappa shape index (κ3) is 3.17. The van der Waals surface area contributed by atoms with E-state index in [4.69, 9.17) is 0 Å². The van der Waals surface area contributed by atoms with E-state index in [2.05, 4.69) is 48.3 Å². The Morgan fingerprint density at radius 1 is 1.14 bits per heavy atom. The summed E-state index contributed by atoms with van der Waals surface area (Å²) in [6.07, 6.45) is 6.81.